The van der Waals surface area contributed by atoms with Crippen LogP contribution in [0.4, 0.5) is 0 Å². The third-order valence-corrected chi connectivity index (χ3v) is 12.7. The minimum absolute atomic E-state index is 0.112. The second kappa shape index (κ2) is 9.77. The molecule has 0 unspecified atom stereocenters. The zero-order valence-electron chi connectivity index (χ0n) is 27.5. The zero-order valence-corrected chi connectivity index (χ0v) is 28.3. The minimum Gasteiger partial charge on any atom is -0.294 e. The summed E-state index contributed by atoms with van der Waals surface area (Å²) in [6.07, 6.45) is 0.693. The van der Waals surface area contributed by atoms with Crippen molar-refractivity contribution in [3.63, 3.8) is 0 Å². The molecule has 1 aliphatic carbocycles. The number of imidazole rings is 1. The van der Waals surface area contributed by atoms with Gasteiger partial charge in [-0.25, -0.2) is 13.4 Å². The van der Waals surface area contributed by atoms with E-state index in [9.17, 15) is 8.42 Å². The Labute approximate surface area is 285 Å². The molecule has 1 aromatic heterocycles. The van der Waals surface area contributed by atoms with Crippen LogP contribution in [0, 0.1) is 0 Å². The maximum absolute atomic E-state index is 14.3. The Morgan fingerprint density at radius 2 is 1.20 bits per heavy atom. The number of hydrogen-bond donors (Lipinski definition) is 0. The molecule has 0 N–H and O–H groups in total. The van der Waals surface area contributed by atoms with Gasteiger partial charge < -0.3 is 0 Å². The van der Waals surface area contributed by atoms with Crippen molar-refractivity contribution in [3.05, 3.63) is 144 Å². The van der Waals surface area contributed by atoms with Crippen LogP contribution in [-0.2, 0) is 21.7 Å². The van der Waals surface area contributed by atoms with E-state index in [-0.39, 0.29) is 5.41 Å². The van der Waals surface area contributed by atoms with Gasteiger partial charge in [0.05, 0.1) is 26.5 Å². The van der Waals surface area contributed by atoms with E-state index in [0.717, 1.165) is 38.5 Å². The topological polar surface area (TPSA) is 52.0 Å². The first kappa shape index (κ1) is 28.5. The Hall–Kier alpha value is -5.52. The fourth-order valence-corrected chi connectivity index (χ4v) is 10.3. The second-order valence-corrected chi connectivity index (χ2v) is 15.7. The highest BCUT2D eigenvalue weighted by atomic mass is 32.2. The van der Waals surface area contributed by atoms with Gasteiger partial charge in [0.15, 0.2) is 0 Å². The SMILES string of the molecule is CCc1nc2cccc3c2n1-c1ccc(-c2c4ccccc4c(-c4ccc5c(c4)C(C)(C)c4ccccc4-5)c4ccccc24)cc1S3(=O)=O. The van der Waals surface area contributed by atoms with Crippen molar-refractivity contribution in [3.8, 4) is 39.1 Å². The lowest BCUT2D eigenvalue weighted by atomic mass is 9.80. The normalized spacial score (nSPS) is 15.0. The van der Waals surface area contributed by atoms with Crippen LogP contribution in [-0.4, -0.2) is 18.0 Å². The maximum Gasteiger partial charge on any atom is 0.210 e. The fraction of sp³-hybridized carbons (Fsp3) is 0.114. The number of para-hydroxylation sites is 1. The van der Waals surface area contributed by atoms with E-state index < -0.39 is 9.84 Å². The van der Waals surface area contributed by atoms with Crippen LogP contribution in [0.3, 0.4) is 0 Å². The summed E-state index contributed by atoms with van der Waals surface area (Å²) in [5.74, 6) is 0.854. The van der Waals surface area contributed by atoms with Crippen LogP contribution in [0.15, 0.2) is 137 Å². The molecule has 0 amide bonds. The quantitative estimate of drug-likeness (QED) is 0.179. The number of aromatic nitrogens is 2. The Morgan fingerprint density at radius 1 is 0.612 bits per heavy atom. The van der Waals surface area contributed by atoms with E-state index in [1.165, 1.54) is 33.4 Å². The van der Waals surface area contributed by atoms with Crippen LogP contribution in [0.2, 0.25) is 0 Å². The predicted octanol–water partition coefficient (Wildman–Crippen LogP) is 10.7. The molecule has 0 bridgehead atoms. The standard InChI is InChI=1S/C44H32N2O2S/c1-4-40-45-36-18-11-19-38-43(36)46(40)37-23-21-27(25-39(37)49(38,47)48)42-32-15-7-5-13-30(32)41(31-14-6-8-16-33(31)42)26-20-22-29-28-12-9-10-17-34(28)44(2,3)35(29)24-26/h5-25H,4H2,1-3H3. The van der Waals surface area contributed by atoms with Gasteiger partial charge in [-0.15, -0.1) is 0 Å². The molecular weight excluding hydrogens is 621 g/mol. The number of fused-ring (bicyclic) bond motifs is 7. The number of nitrogens with zero attached hydrogens (tertiary/aromatic N) is 2. The molecule has 0 fully saturated rings. The monoisotopic (exact) mass is 652 g/mol. The van der Waals surface area contributed by atoms with Gasteiger partial charge in [0.2, 0.25) is 9.84 Å². The lowest BCUT2D eigenvalue weighted by molar-refractivity contribution is 0.594. The van der Waals surface area contributed by atoms with Crippen molar-refractivity contribution in [1.29, 1.82) is 0 Å². The summed E-state index contributed by atoms with van der Waals surface area (Å²) in [6.45, 7) is 6.70. The Morgan fingerprint density at radius 3 is 1.88 bits per heavy atom. The number of sulfone groups is 1. The van der Waals surface area contributed by atoms with Crippen molar-refractivity contribution in [2.45, 2.75) is 42.4 Å². The maximum atomic E-state index is 14.3. The molecule has 0 saturated heterocycles. The van der Waals surface area contributed by atoms with Gasteiger partial charge in [0.1, 0.15) is 5.82 Å². The molecular formula is C44H32N2O2S. The van der Waals surface area contributed by atoms with Gasteiger partial charge in [0, 0.05) is 11.8 Å². The van der Waals surface area contributed by atoms with Crippen LogP contribution < -0.4 is 0 Å². The van der Waals surface area contributed by atoms with Gasteiger partial charge in [-0.3, -0.25) is 4.57 Å². The number of aryl methyl sites for hydroxylation is 1. The van der Waals surface area contributed by atoms with E-state index in [4.69, 9.17) is 4.98 Å². The lowest BCUT2D eigenvalue weighted by Crippen LogP contribution is -2.16. The Kier molecular flexibility index (Phi) is 5.68. The number of hydrogen-bond acceptors (Lipinski definition) is 3. The lowest BCUT2D eigenvalue weighted by Gasteiger charge is -2.24. The van der Waals surface area contributed by atoms with E-state index in [2.05, 4.69) is 118 Å². The average Bonchev–Trinajstić information content (AvgIpc) is 3.62. The average molecular weight is 653 g/mol. The molecule has 10 rings (SSSR count). The minimum atomic E-state index is -3.79. The first-order valence-corrected chi connectivity index (χ1v) is 18.4. The third kappa shape index (κ3) is 3.68. The highest BCUT2D eigenvalue weighted by Gasteiger charge is 2.36. The predicted molar refractivity (Wildman–Crippen MR) is 199 cm³/mol. The first-order chi connectivity index (χ1) is 23.8. The van der Waals surface area contributed by atoms with E-state index in [1.807, 2.05) is 22.8 Å². The van der Waals surface area contributed by atoms with Crippen molar-refractivity contribution in [2.24, 2.45) is 0 Å². The molecule has 0 spiro atoms. The number of rotatable bonds is 3. The van der Waals surface area contributed by atoms with E-state index in [1.54, 1.807) is 12.1 Å². The second-order valence-electron chi connectivity index (χ2n) is 13.8. The summed E-state index contributed by atoms with van der Waals surface area (Å²) in [4.78, 5) is 5.44. The van der Waals surface area contributed by atoms with Crippen LogP contribution >= 0.6 is 0 Å². The molecule has 0 saturated carbocycles. The molecule has 8 aromatic rings. The van der Waals surface area contributed by atoms with E-state index >= 15 is 0 Å². The molecule has 0 atom stereocenters. The fourth-order valence-electron chi connectivity index (χ4n) is 8.66. The smallest absolute Gasteiger partial charge is 0.210 e. The van der Waals surface area contributed by atoms with E-state index in [0.29, 0.717) is 32.9 Å². The number of benzene rings is 7. The molecule has 1 aliphatic heterocycles. The summed E-state index contributed by atoms with van der Waals surface area (Å²) in [5, 5.41) is 4.46. The van der Waals surface area contributed by atoms with Crippen LogP contribution in [0.5, 0.6) is 0 Å². The zero-order chi connectivity index (χ0) is 33.2. The van der Waals surface area contributed by atoms with Gasteiger partial charge in [-0.1, -0.05) is 118 Å². The molecule has 236 valence electrons. The van der Waals surface area contributed by atoms with Crippen LogP contribution in [0.1, 0.15) is 37.7 Å². The molecule has 49 heavy (non-hydrogen) atoms. The van der Waals surface area contributed by atoms with Gasteiger partial charge in [0.25, 0.3) is 0 Å². The summed E-state index contributed by atoms with van der Waals surface area (Å²) in [6, 6.07) is 44.1. The van der Waals surface area contributed by atoms with Crippen molar-refractivity contribution in [1.82, 2.24) is 9.55 Å². The van der Waals surface area contributed by atoms with Gasteiger partial charge >= 0.3 is 0 Å². The Balaban J connectivity index is 1.24. The van der Waals surface area contributed by atoms with Crippen molar-refractivity contribution in [2.75, 3.05) is 0 Å². The summed E-state index contributed by atoms with van der Waals surface area (Å²) in [5.41, 5.74) is 11.5. The molecule has 0 radical (unpaired) electrons. The van der Waals surface area contributed by atoms with Crippen molar-refractivity contribution < 1.29 is 8.42 Å². The molecule has 5 heteroatoms. The summed E-state index contributed by atoms with van der Waals surface area (Å²) in [7, 11) is -3.79. The third-order valence-electron chi connectivity index (χ3n) is 10.9. The van der Waals surface area contributed by atoms with Crippen LogP contribution in [0.25, 0.3) is 71.6 Å². The first-order valence-electron chi connectivity index (χ1n) is 16.9. The van der Waals surface area contributed by atoms with Gasteiger partial charge in [-0.05, 0) is 96.4 Å². The molecule has 2 aliphatic rings. The summed E-state index contributed by atoms with van der Waals surface area (Å²) >= 11 is 0. The molecule has 7 aromatic carbocycles. The Bertz CT molecular complexity index is 2800. The highest BCUT2D eigenvalue weighted by molar-refractivity contribution is 7.92. The molecule has 2 heterocycles. The summed E-state index contributed by atoms with van der Waals surface area (Å²) < 4.78 is 30.7. The largest absolute Gasteiger partial charge is 0.294 e. The van der Waals surface area contributed by atoms with Crippen molar-refractivity contribution >= 4 is 42.4 Å². The molecule has 4 nitrogen and oxygen atoms in total. The highest BCUT2D eigenvalue weighted by Crippen LogP contribution is 2.51. The van der Waals surface area contributed by atoms with Gasteiger partial charge in [-0.2, -0.15) is 0 Å².